The number of nitrogens with one attached hydrogen (secondary N) is 1. The third kappa shape index (κ3) is 14.6. The van der Waals surface area contributed by atoms with E-state index in [4.69, 9.17) is 18.9 Å². The van der Waals surface area contributed by atoms with Crippen LogP contribution in [-0.4, -0.2) is 213 Å². The second-order valence-corrected chi connectivity index (χ2v) is 26.1. The Hall–Kier alpha value is -5.09. The molecule has 6 N–H and O–H groups in total. The van der Waals surface area contributed by atoms with Crippen molar-refractivity contribution in [3.05, 3.63) is 0 Å². The van der Waals surface area contributed by atoms with E-state index in [0.29, 0.717) is 19.3 Å². The predicted molar refractivity (Wildman–Crippen MR) is 285 cm³/mol. The van der Waals surface area contributed by atoms with Gasteiger partial charge in [-0.1, -0.05) is 48.5 Å². The SMILES string of the molecule is CCC1OC(O)(C(C)(O)C(=O)NC2C(=O)N3C(CCCN3COC(=O)C(C)(C)C)C(=O)N(O)CC(=O)N3C(CCCN3COC(=O)C(C)(C)C)C(=O)N3CCC(C)(O)C3C(=O)N(O)C(C(C)C)C(=O)OC2C(C)C)CCC1CC(C)C. The minimum Gasteiger partial charge on any atom is -0.458 e. The molecule has 26 heteroatoms. The molecule has 5 rings (SSSR count). The summed E-state index contributed by atoms with van der Waals surface area (Å²) in [6.45, 7) is 20.6. The lowest BCUT2D eigenvalue weighted by Crippen LogP contribution is -2.71. The number of carbonyl (C=O) groups excluding carboxylic acids is 9. The van der Waals surface area contributed by atoms with Crippen LogP contribution in [0.4, 0.5) is 0 Å². The number of carbonyl (C=O) groups is 9. The fraction of sp³-hybridized carbons (Fsp3) is 0.836. The number of fused-ring (bicyclic) bond motifs is 3. The van der Waals surface area contributed by atoms with Crippen molar-refractivity contribution in [1.29, 1.82) is 0 Å². The van der Waals surface area contributed by atoms with Crippen molar-refractivity contribution in [3.8, 4) is 0 Å². The zero-order valence-electron chi connectivity index (χ0n) is 50.1. The van der Waals surface area contributed by atoms with Crippen molar-refractivity contribution in [2.45, 2.75) is 221 Å². The molecule has 11 atom stereocenters. The molecule has 0 spiro atoms. The molecule has 0 aromatic carbocycles. The van der Waals surface area contributed by atoms with Crippen LogP contribution in [0.25, 0.3) is 0 Å². The van der Waals surface area contributed by atoms with Crippen molar-refractivity contribution >= 4 is 53.4 Å². The number of hydrazine groups is 2. The Kier molecular flexibility index (Phi) is 21.3. The van der Waals surface area contributed by atoms with Gasteiger partial charge >= 0.3 is 17.9 Å². The molecule has 460 valence electrons. The summed E-state index contributed by atoms with van der Waals surface area (Å²) < 4.78 is 23.6. The largest absolute Gasteiger partial charge is 0.458 e. The van der Waals surface area contributed by atoms with E-state index >= 15 is 14.4 Å². The van der Waals surface area contributed by atoms with Crippen LogP contribution in [0.3, 0.4) is 0 Å². The van der Waals surface area contributed by atoms with Crippen molar-refractivity contribution in [2.75, 3.05) is 39.6 Å². The predicted octanol–water partition coefficient (Wildman–Crippen LogP) is 2.07. The first-order valence-electron chi connectivity index (χ1n) is 28.5. The molecule has 5 fully saturated rings. The summed E-state index contributed by atoms with van der Waals surface area (Å²) >= 11 is 0. The highest BCUT2D eigenvalue weighted by molar-refractivity contribution is 5.97. The first kappa shape index (κ1) is 66.7. The van der Waals surface area contributed by atoms with Crippen LogP contribution in [0, 0.1) is 34.5 Å². The summed E-state index contributed by atoms with van der Waals surface area (Å²) in [4.78, 5) is 133. The molecule has 0 bridgehead atoms. The topological polar surface area (TPSA) is 326 Å². The summed E-state index contributed by atoms with van der Waals surface area (Å²) in [7, 11) is 0. The lowest BCUT2D eigenvalue weighted by molar-refractivity contribution is -0.329. The maximum Gasteiger partial charge on any atom is 0.332 e. The number of amides is 6. The molecule has 0 radical (unpaired) electrons. The molecule has 6 amide bonds. The van der Waals surface area contributed by atoms with Gasteiger partial charge in [0.1, 0.15) is 36.8 Å². The molecule has 81 heavy (non-hydrogen) atoms. The van der Waals surface area contributed by atoms with E-state index in [1.165, 1.54) is 39.6 Å². The minimum atomic E-state index is -2.86. The number of cyclic esters (lactones) is 1. The summed E-state index contributed by atoms with van der Waals surface area (Å²) in [5, 5.41) is 66.9. The molecule has 5 aliphatic heterocycles. The molecular formula is C55H92N8O18. The average molecular weight is 1150 g/mol. The molecule has 0 saturated carbocycles. The summed E-state index contributed by atoms with van der Waals surface area (Å²) in [6, 6.07) is -9.35. The first-order valence-corrected chi connectivity index (χ1v) is 28.5. The molecule has 0 aromatic rings. The summed E-state index contributed by atoms with van der Waals surface area (Å²) in [6.07, 6.45) is -1.48. The molecular weight excluding hydrogens is 1060 g/mol. The number of hydrogen-bond acceptors (Lipinski definition) is 20. The lowest BCUT2D eigenvalue weighted by atomic mass is 9.78. The normalized spacial score (nSPS) is 31.3. The van der Waals surface area contributed by atoms with Crippen LogP contribution in [0.2, 0.25) is 0 Å². The van der Waals surface area contributed by atoms with Gasteiger partial charge in [0.15, 0.2) is 25.1 Å². The van der Waals surface area contributed by atoms with Crippen LogP contribution < -0.4 is 5.32 Å². The van der Waals surface area contributed by atoms with Crippen LogP contribution in [0.1, 0.15) is 162 Å². The number of hydroxylamine groups is 4. The smallest absolute Gasteiger partial charge is 0.332 e. The summed E-state index contributed by atoms with van der Waals surface area (Å²) in [5.74, 6) is -14.4. The Balaban J connectivity index is 1.73. The Bertz CT molecular complexity index is 2340. The maximum absolute atomic E-state index is 16.0. The summed E-state index contributed by atoms with van der Waals surface area (Å²) in [5.41, 5.74) is -7.02. The molecule has 5 saturated heterocycles. The second-order valence-electron chi connectivity index (χ2n) is 26.1. The van der Waals surface area contributed by atoms with Crippen LogP contribution >= 0.6 is 0 Å². The standard InChI is InChI=1S/C55H92N8O18/c1-16-37-34(27-31(2)3)21-22-55(75,81-37)54(15,74)48(70)56-39-41(33(6)7)80-47(69)40(32(4)5)63(77)46(68)42-53(14,73)23-26-59(42)43(65)35-19-17-24-57(29-78-49(71)51(8,9)10)61(35)38(64)28-60(76)44(66)36-20-18-25-58(62(36)45(39)67)30-79-50(72)52(11,12)13/h31-37,39-42,73-77H,16-30H2,1-15H3,(H,56,70). The van der Waals surface area contributed by atoms with Gasteiger partial charge in [-0.25, -0.2) is 14.9 Å². The zero-order chi connectivity index (χ0) is 61.2. The zero-order valence-corrected chi connectivity index (χ0v) is 50.1. The quantitative estimate of drug-likeness (QED) is 0.0925. The monoisotopic (exact) mass is 1150 g/mol. The molecule has 26 nitrogen and oxygen atoms in total. The number of nitrogens with zero attached hydrogens (tertiary/aromatic N) is 7. The average Bonchev–Trinajstić information content (AvgIpc) is 3.70. The molecule has 0 aromatic heterocycles. The first-order chi connectivity index (χ1) is 37.3. The van der Waals surface area contributed by atoms with Crippen molar-refractivity contribution < 1.29 is 87.8 Å². The number of esters is 3. The number of aliphatic hydroxyl groups is 3. The van der Waals surface area contributed by atoms with Gasteiger partial charge in [-0.2, -0.15) is 10.0 Å². The van der Waals surface area contributed by atoms with Crippen LogP contribution in [-0.2, 0) is 62.1 Å². The third-order valence-corrected chi connectivity index (χ3v) is 16.0. The third-order valence-electron chi connectivity index (χ3n) is 16.0. The fourth-order valence-corrected chi connectivity index (χ4v) is 11.3. The van der Waals surface area contributed by atoms with Gasteiger partial charge in [0, 0.05) is 26.1 Å². The van der Waals surface area contributed by atoms with E-state index in [9.17, 15) is 54.5 Å². The van der Waals surface area contributed by atoms with Crippen LogP contribution in [0.15, 0.2) is 0 Å². The second kappa shape index (κ2) is 25.8. The van der Waals surface area contributed by atoms with Gasteiger partial charge in [0.25, 0.3) is 29.5 Å². The maximum atomic E-state index is 16.0. The van der Waals surface area contributed by atoms with E-state index in [-0.39, 0.29) is 80.1 Å². The molecule has 0 aliphatic carbocycles. The van der Waals surface area contributed by atoms with Crippen molar-refractivity contribution in [1.82, 2.24) is 40.4 Å². The van der Waals surface area contributed by atoms with E-state index in [2.05, 4.69) is 5.32 Å². The van der Waals surface area contributed by atoms with Crippen LogP contribution in [0.5, 0.6) is 0 Å². The van der Waals surface area contributed by atoms with Gasteiger partial charge in [-0.05, 0) is 130 Å². The minimum absolute atomic E-state index is 0.000513. The number of ether oxygens (including phenoxy) is 4. The van der Waals surface area contributed by atoms with Crippen molar-refractivity contribution in [3.63, 3.8) is 0 Å². The van der Waals surface area contributed by atoms with Gasteiger partial charge in [-0.15, -0.1) is 0 Å². The molecule has 11 unspecified atom stereocenters. The highest BCUT2D eigenvalue weighted by Gasteiger charge is 2.59. The Morgan fingerprint density at radius 2 is 1.26 bits per heavy atom. The van der Waals surface area contributed by atoms with Gasteiger partial charge in [0.2, 0.25) is 11.7 Å². The van der Waals surface area contributed by atoms with E-state index in [1.54, 1.807) is 41.5 Å². The van der Waals surface area contributed by atoms with Gasteiger partial charge < -0.3 is 44.5 Å². The fourth-order valence-electron chi connectivity index (χ4n) is 11.3. The highest BCUT2D eigenvalue weighted by Crippen LogP contribution is 2.42. The number of rotatable bonds is 12. The van der Waals surface area contributed by atoms with Gasteiger partial charge in [-0.3, -0.25) is 58.8 Å². The van der Waals surface area contributed by atoms with E-state index in [1.807, 2.05) is 20.8 Å². The highest BCUT2D eigenvalue weighted by atomic mass is 16.7. The molecule has 5 aliphatic rings. The lowest BCUT2D eigenvalue weighted by Gasteiger charge is -2.49. The Labute approximate surface area is 475 Å². The van der Waals surface area contributed by atoms with Gasteiger partial charge in [0.05, 0.1) is 22.5 Å². The Morgan fingerprint density at radius 1 is 0.728 bits per heavy atom. The Morgan fingerprint density at radius 3 is 1.75 bits per heavy atom. The number of hydrogen-bond donors (Lipinski definition) is 6. The van der Waals surface area contributed by atoms with Crippen molar-refractivity contribution in [2.24, 2.45) is 34.5 Å². The molecule has 5 heterocycles. The van der Waals surface area contributed by atoms with E-state index in [0.717, 1.165) is 26.9 Å². The van der Waals surface area contributed by atoms with E-state index < -0.39 is 155 Å².